The lowest BCUT2D eigenvalue weighted by Crippen LogP contribution is -2.41. The molecule has 0 radical (unpaired) electrons. The van der Waals surface area contributed by atoms with Crippen LogP contribution in [0.4, 0.5) is 4.39 Å². The van der Waals surface area contributed by atoms with Crippen LogP contribution < -0.4 is 16.0 Å². The number of fused-ring (bicyclic) bond motifs is 1. The summed E-state index contributed by atoms with van der Waals surface area (Å²) in [7, 11) is 1.37. The zero-order chi connectivity index (χ0) is 21.8. The molecule has 0 atom stereocenters. The Morgan fingerprint density at radius 2 is 1.87 bits per heavy atom. The number of benzene rings is 1. The third-order valence-corrected chi connectivity index (χ3v) is 5.07. The number of methoxy groups -OCH3 is 1. The molecule has 0 fully saturated rings. The van der Waals surface area contributed by atoms with Gasteiger partial charge in [-0.15, -0.1) is 0 Å². The number of hydrogen-bond donors (Lipinski definition) is 1. The van der Waals surface area contributed by atoms with Crippen molar-refractivity contribution in [1.29, 1.82) is 0 Å². The number of aryl methyl sites for hydroxylation is 2. The molecule has 0 saturated heterocycles. The number of rotatable bonds is 9. The van der Waals surface area contributed by atoms with Gasteiger partial charge in [-0.3, -0.25) is 13.9 Å². The Kier molecular flexibility index (Phi) is 6.71. The number of unbranched alkanes of at least 4 members (excludes halogenated alkanes) is 1. The largest absolute Gasteiger partial charge is 0.494 e. The van der Waals surface area contributed by atoms with E-state index in [1.54, 1.807) is 10.6 Å². The Hall–Kier alpha value is -2.94. The Labute approximate surface area is 173 Å². The number of ether oxygens (including phenoxy) is 1. The molecular formula is C21H27FN4O4. The predicted octanol–water partition coefficient (Wildman–Crippen LogP) is 2.26. The van der Waals surface area contributed by atoms with Crippen LogP contribution in [0.1, 0.15) is 44.5 Å². The van der Waals surface area contributed by atoms with Gasteiger partial charge in [-0.05, 0) is 30.5 Å². The summed E-state index contributed by atoms with van der Waals surface area (Å²) in [5.41, 5.74) is 0.0407. The molecule has 3 rings (SSSR count). The molecule has 0 amide bonds. The summed E-state index contributed by atoms with van der Waals surface area (Å²) in [5.74, 6) is -0.119. The second-order valence-corrected chi connectivity index (χ2v) is 7.16. The minimum absolute atomic E-state index is 0.0770. The molecule has 3 aromatic rings. The van der Waals surface area contributed by atoms with Crippen LogP contribution >= 0.6 is 0 Å². The van der Waals surface area contributed by atoms with Gasteiger partial charge in [-0.25, -0.2) is 14.2 Å². The number of aromatic nitrogens is 4. The van der Waals surface area contributed by atoms with Crippen LogP contribution in [0.3, 0.4) is 0 Å². The molecule has 0 aliphatic carbocycles. The van der Waals surface area contributed by atoms with E-state index in [0.717, 1.165) is 23.8 Å². The van der Waals surface area contributed by atoms with E-state index < -0.39 is 17.1 Å². The summed E-state index contributed by atoms with van der Waals surface area (Å²) in [6.07, 6.45) is 2.33. The lowest BCUT2D eigenvalue weighted by atomic mass is 10.2. The van der Waals surface area contributed by atoms with Crippen molar-refractivity contribution < 1.29 is 14.2 Å². The molecule has 30 heavy (non-hydrogen) atoms. The highest BCUT2D eigenvalue weighted by Gasteiger charge is 2.21. The third-order valence-electron chi connectivity index (χ3n) is 5.07. The van der Waals surface area contributed by atoms with Crippen LogP contribution in [-0.2, 0) is 26.2 Å². The van der Waals surface area contributed by atoms with Gasteiger partial charge in [0.2, 0.25) is 0 Å². The monoisotopic (exact) mass is 418 g/mol. The van der Waals surface area contributed by atoms with Gasteiger partial charge in [-0.1, -0.05) is 26.3 Å². The van der Waals surface area contributed by atoms with Crippen molar-refractivity contribution in [2.45, 2.75) is 59.4 Å². The molecule has 8 nitrogen and oxygen atoms in total. The Morgan fingerprint density at radius 3 is 2.47 bits per heavy atom. The molecule has 0 aliphatic heterocycles. The van der Waals surface area contributed by atoms with Crippen LogP contribution in [0.5, 0.6) is 5.75 Å². The first kappa shape index (κ1) is 21.8. The smallest absolute Gasteiger partial charge is 0.333 e. The lowest BCUT2D eigenvalue weighted by molar-refractivity contribution is 0.265. The molecule has 0 bridgehead atoms. The molecular weight excluding hydrogens is 391 g/mol. The summed E-state index contributed by atoms with van der Waals surface area (Å²) in [6.45, 7) is 4.44. The molecule has 1 N–H and O–H groups in total. The maximum absolute atomic E-state index is 14.1. The summed E-state index contributed by atoms with van der Waals surface area (Å²) < 4.78 is 23.3. The van der Waals surface area contributed by atoms with E-state index in [1.807, 2.05) is 13.8 Å². The minimum atomic E-state index is -0.561. The van der Waals surface area contributed by atoms with Crippen LogP contribution in [0, 0.1) is 5.82 Å². The second kappa shape index (κ2) is 9.25. The van der Waals surface area contributed by atoms with Crippen LogP contribution in [0.25, 0.3) is 11.2 Å². The number of aliphatic hydroxyl groups excluding tert-OH is 1. The van der Waals surface area contributed by atoms with Crippen molar-refractivity contribution in [2.75, 3.05) is 7.11 Å². The molecule has 0 unspecified atom stereocenters. The molecule has 2 aromatic heterocycles. The fraction of sp³-hybridized carbons (Fsp3) is 0.476. The maximum Gasteiger partial charge on any atom is 0.333 e. The molecule has 1 aromatic carbocycles. The second-order valence-electron chi connectivity index (χ2n) is 7.16. The first-order chi connectivity index (χ1) is 14.5. The number of aliphatic hydroxyl groups is 1. The van der Waals surface area contributed by atoms with E-state index in [0.29, 0.717) is 24.5 Å². The first-order valence-corrected chi connectivity index (χ1v) is 10.1. The normalized spacial score (nSPS) is 11.4. The molecule has 9 heteroatoms. The van der Waals surface area contributed by atoms with E-state index in [2.05, 4.69) is 4.98 Å². The summed E-state index contributed by atoms with van der Waals surface area (Å²) in [5, 5.41) is 9.72. The predicted molar refractivity (Wildman–Crippen MR) is 111 cm³/mol. The first-order valence-electron chi connectivity index (χ1n) is 10.1. The van der Waals surface area contributed by atoms with Crippen molar-refractivity contribution in [3.63, 3.8) is 0 Å². The molecule has 0 aliphatic rings. The maximum atomic E-state index is 14.1. The third kappa shape index (κ3) is 3.89. The lowest BCUT2D eigenvalue weighted by Gasteiger charge is -2.13. The van der Waals surface area contributed by atoms with Crippen LogP contribution in [-0.4, -0.2) is 30.9 Å². The standard InChI is InChI=1S/C21H27FN4O4/c1-4-6-10-25-19-18(24(9-5-2)17(13-27)23-19)20(28)26(21(25)29)12-14-7-8-16(30-3)15(22)11-14/h7-8,11,27H,4-6,9-10,12-13H2,1-3H3. The van der Waals surface area contributed by atoms with Crippen molar-refractivity contribution in [3.8, 4) is 5.75 Å². The van der Waals surface area contributed by atoms with Gasteiger partial charge >= 0.3 is 5.69 Å². The Bertz CT molecular complexity index is 1160. The fourth-order valence-electron chi connectivity index (χ4n) is 3.57. The molecule has 2 heterocycles. The highest BCUT2D eigenvalue weighted by Crippen LogP contribution is 2.18. The quantitative estimate of drug-likeness (QED) is 0.576. The number of halogens is 1. The molecule has 0 saturated carbocycles. The van der Waals surface area contributed by atoms with E-state index >= 15 is 0 Å². The van der Waals surface area contributed by atoms with Gasteiger partial charge in [0.25, 0.3) is 5.56 Å². The molecule has 162 valence electrons. The van der Waals surface area contributed by atoms with Gasteiger partial charge in [0, 0.05) is 13.1 Å². The van der Waals surface area contributed by atoms with Gasteiger partial charge in [0.05, 0.1) is 13.7 Å². The van der Waals surface area contributed by atoms with Crippen molar-refractivity contribution >= 4 is 11.2 Å². The van der Waals surface area contributed by atoms with Crippen molar-refractivity contribution in [1.82, 2.24) is 18.7 Å². The van der Waals surface area contributed by atoms with E-state index in [-0.39, 0.29) is 30.1 Å². The average Bonchev–Trinajstić information content (AvgIpc) is 3.10. The van der Waals surface area contributed by atoms with Crippen LogP contribution in [0.15, 0.2) is 27.8 Å². The zero-order valence-electron chi connectivity index (χ0n) is 17.5. The number of imidazole rings is 1. The zero-order valence-corrected chi connectivity index (χ0v) is 17.5. The SMILES string of the molecule is CCCCn1c(=O)n(Cc2ccc(OC)c(F)c2)c(=O)c2c1nc(CO)n2CCC. The highest BCUT2D eigenvalue weighted by molar-refractivity contribution is 5.71. The Morgan fingerprint density at radius 1 is 1.10 bits per heavy atom. The summed E-state index contributed by atoms with van der Waals surface area (Å²) in [6, 6.07) is 4.35. The minimum Gasteiger partial charge on any atom is -0.494 e. The van der Waals surface area contributed by atoms with E-state index in [1.165, 1.54) is 23.8 Å². The summed E-state index contributed by atoms with van der Waals surface area (Å²) in [4.78, 5) is 30.9. The summed E-state index contributed by atoms with van der Waals surface area (Å²) >= 11 is 0. The van der Waals surface area contributed by atoms with Crippen molar-refractivity contribution in [2.24, 2.45) is 0 Å². The van der Waals surface area contributed by atoms with Gasteiger partial charge < -0.3 is 14.4 Å². The van der Waals surface area contributed by atoms with E-state index in [9.17, 15) is 19.1 Å². The average molecular weight is 418 g/mol. The fourth-order valence-corrected chi connectivity index (χ4v) is 3.57. The number of nitrogens with zero attached hydrogens (tertiary/aromatic N) is 4. The topological polar surface area (TPSA) is 91.3 Å². The van der Waals surface area contributed by atoms with Gasteiger partial charge in [0.1, 0.15) is 12.4 Å². The van der Waals surface area contributed by atoms with Crippen LogP contribution in [0.2, 0.25) is 0 Å². The van der Waals surface area contributed by atoms with E-state index in [4.69, 9.17) is 4.74 Å². The Balaban J connectivity index is 2.25. The van der Waals surface area contributed by atoms with Crippen molar-refractivity contribution in [3.05, 3.63) is 56.2 Å². The van der Waals surface area contributed by atoms with Gasteiger partial charge in [0.15, 0.2) is 22.7 Å². The highest BCUT2D eigenvalue weighted by atomic mass is 19.1. The van der Waals surface area contributed by atoms with Gasteiger partial charge in [-0.2, -0.15) is 0 Å². The number of hydrogen-bond acceptors (Lipinski definition) is 5. The molecule has 0 spiro atoms.